The predicted molar refractivity (Wildman–Crippen MR) is 71.0 cm³/mol. The van der Waals surface area contributed by atoms with Gasteiger partial charge in [0.15, 0.2) is 0 Å². The number of hydrogen-bond donors (Lipinski definition) is 1. The van der Waals surface area contributed by atoms with Crippen LogP contribution in [-0.4, -0.2) is 37.2 Å². The Morgan fingerprint density at radius 1 is 1.41 bits per heavy atom. The van der Waals surface area contributed by atoms with Crippen molar-refractivity contribution in [3.63, 3.8) is 0 Å². The van der Waals surface area contributed by atoms with Gasteiger partial charge in [0.2, 0.25) is 0 Å². The third kappa shape index (κ3) is 3.45. The number of morpholine rings is 1. The Hall–Kier alpha value is -1.06. The van der Waals surface area contributed by atoms with E-state index in [1.807, 2.05) is 12.1 Å². The fourth-order valence-corrected chi connectivity index (χ4v) is 2.27. The molecular weight excluding hydrogens is 212 g/mol. The second kappa shape index (κ2) is 6.03. The Balaban J connectivity index is 1.84. The lowest BCUT2D eigenvalue weighted by atomic mass is 10.1. The molecule has 0 saturated carbocycles. The van der Waals surface area contributed by atoms with E-state index in [0.717, 1.165) is 44.8 Å². The van der Waals surface area contributed by atoms with Crippen molar-refractivity contribution >= 4 is 5.69 Å². The second-order valence-electron chi connectivity index (χ2n) is 4.65. The van der Waals surface area contributed by atoms with E-state index >= 15 is 0 Å². The molecule has 1 atom stereocenters. The summed E-state index contributed by atoms with van der Waals surface area (Å²) in [6.45, 7) is 6.23. The number of hydrogen-bond acceptors (Lipinski definition) is 3. The Labute approximate surface area is 104 Å². The standard InChI is InChI=1S/C14H22N2O/c1-2-13-11-16(9-10-17-13)8-7-12-5-3-4-6-14(12)15/h3-6,13H,2,7-11,15H2,1H3. The number of nitrogen functional groups attached to an aromatic ring is 1. The van der Waals surface area contributed by atoms with E-state index in [1.54, 1.807) is 0 Å². The van der Waals surface area contributed by atoms with Crippen molar-refractivity contribution in [2.75, 3.05) is 32.0 Å². The summed E-state index contributed by atoms with van der Waals surface area (Å²) in [6, 6.07) is 8.14. The molecule has 1 aromatic carbocycles. The van der Waals surface area contributed by atoms with Crippen molar-refractivity contribution in [1.82, 2.24) is 4.90 Å². The zero-order chi connectivity index (χ0) is 12.1. The first-order valence-electron chi connectivity index (χ1n) is 6.47. The van der Waals surface area contributed by atoms with Crippen LogP contribution in [0.2, 0.25) is 0 Å². The molecule has 0 amide bonds. The van der Waals surface area contributed by atoms with Gasteiger partial charge in [-0.2, -0.15) is 0 Å². The van der Waals surface area contributed by atoms with E-state index in [4.69, 9.17) is 10.5 Å². The fourth-order valence-electron chi connectivity index (χ4n) is 2.27. The Morgan fingerprint density at radius 3 is 3.00 bits per heavy atom. The predicted octanol–water partition coefficient (Wildman–Crippen LogP) is 1.92. The molecule has 1 aliphatic rings. The summed E-state index contributed by atoms with van der Waals surface area (Å²) in [4.78, 5) is 2.48. The molecular formula is C14H22N2O. The van der Waals surface area contributed by atoms with Gasteiger partial charge in [0, 0.05) is 25.3 Å². The first-order valence-corrected chi connectivity index (χ1v) is 6.47. The number of rotatable bonds is 4. The maximum absolute atomic E-state index is 5.95. The summed E-state index contributed by atoms with van der Waals surface area (Å²) in [6.07, 6.45) is 2.55. The molecule has 2 rings (SSSR count). The average Bonchev–Trinajstić information content (AvgIpc) is 2.38. The number of ether oxygens (including phenoxy) is 1. The minimum absolute atomic E-state index is 0.414. The summed E-state index contributed by atoms with van der Waals surface area (Å²) in [5, 5.41) is 0. The molecule has 3 heteroatoms. The number of anilines is 1. The minimum atomic E-state index is 0.414. The molecule has 1 saturated heterocycles. The molecule has 0 spiro atoms. The molecule has 1 unspecified atom stereocenters. The topological polar surface area (TPSA) is 38.5 Å². The number of benzene rings is 1. The third-order valence-electron chi connectivity index (χ3n) is 3.43. The van der Waals surface area contributed by atoms with E-state index in [2.05, 4.69) is 24.0 Å². The highest BCUT2D eigenvalue weighted by atomic mass is 16.5. The van der Waals surface area contributed by atoms with Crippen LogP contribution in [0.4, 0.5) is 5.69 Å². The van der Waals surface area contributed by atoms with Gasteiger partial charge in [0.1, 0.15) is 0 Å². The molecule has 1 heterocycles. The van der Waals surface area contributed by atoms with E-state index < -0.39 is 0 Å². The molecule has 1 fully saturated rings. The van der Waals surface area contributed by atoms with Gasteiger partial charge in [-0.3, -0.25) is 4.90 Å². The first kappa shape index (κ1) is 12.4. The second-order valence-corrected chi connectivity index (χ2v) is 4.65. The highest BCUT2D eigenvalue weighted by Gasteiger charge is 2.18. The molecule has 2 N–H and O–H groups in total. The summed E-state index contributed by atoms with van der Waals surface area (Å²) in [7, 11) is 0. The van der Waals surface area contributed by atoms with Crippen molar-refractivity contribution in [2.45, 2.75) is 25.9 Å². The molecule has 3 nitrogen and oxygen atoms in total. The van der Waals surface area contributed by atoms with Gasteiger partial charge >= 0.3 is 0 Å². The quantitative estimate of drug-likeness (QED) is 0.809. The van der Waals surface area contributed by atoms with Crippen molar-refractivity contribution in [3.05, 3.63) is 29.8 Å². The number of nitrogens with zero attached hydrogens (tertiary/aromatic N) is 1. The van der Waals surface area contributed by atoms with Gasteiger partial charge < -0.3 is 10.5 Å². The van der Waals surface area contributed by atoms with E-state index in [-0.39, 0.29) is 0 Å². The molecule has 1 aromatic rings. The Kier molecular flexibility index (Phi) is 4.40. The lowest BCUT2D eigenvalue weighted by Gasteiger charge is -2.32. The van der Waals surface area contributed by atoms with Gasteiger partial charge in [0.05, 0.1) is 12.7 Å². The lowest BCUT2D eigenvalue weighted by molar-refractivity contribution is -0.0291. The van der Waals surface area contributed by atoms with Crippen LogP contribution in [0.25, 0.3) is 0 Å². The average molecular weight is 234 g/mol. The molecule has 0 aliphatic carbocycles. The van der Waals surface area contributed by atoms with Crippen LogP contribution in [0.5, 0.6) is 0 Å². The zero-order valence-electron chi connectivity index (χ0n) is 10.6. The van der Waals surface area contributed by atoms with Crippen LogP contribution in [-0.2, 0) is 11.2 Å². The SMILES string of the molecule is CCC1CN(CCc2ccccc2N)CCO1. The van der Waals surface area contributed by atoms with Crippen molar-refractivity contribution in [1.29, 1.82) is 0 Å². The summed E-state index contributed by atoms with van der Waals surface area (Å²) in [5.41, 5.74) is 8.11. The van der Waals surface area contributed by atoms with Gasteiger partial charge in [0.25, 0.3) is 0 Å². The highest BCUT2D eigenvalue weighted by Crippen LogP contribution is 2.13. The smallest absolute Gasteiger partial charge is 0.0700 e. The molecule has 1 aliphatic heterocycles. The fraction of sp³-hybridized carbons (Fsp3) is 0.571. The third-order valence-corrected chi connectivity index (χ3v) is 3.43. The largest absolute Gasteiger partial charge is 0.399 e. The van der Waals surface area contributed by atoms with Crippen molar-refractivity contribution in [2.24, 2.45) is 0 Å². The van der Waals surface area contributed by atoms with Crippen LogP contribution in [0.1, 0.15) is 18.9 Å². The summed E-state index contributed by atoms with van der Waals surface area (Å²) < 4.78 is 5.67. The minimum Gasteiger partial charge on any atom is -0.399 e. The maximum Gasteiger partial charge on any atom is 0.0700 e. The van der Waals surface area contributed by atoms with Crippen molar-refractivity contribution in [3.8, 4) is 0 Å². The lowest BCUT2D eigenvalue weighted by Crippen LogP contribution is -2.42. The Bertz CT molecular complexity index is 354. The van der Waals surface area contributed by atoms with Gasteiger partial charge in [-0.05, 0) is 24.5 Å². The summed E-state index contributed by atoms with van der Waals surface area (Å²) in [5.74, 6) is 0. The molecule has 0 radical (unpaired) electrons. The van der Waals surface area contributed by atoms with Gasteiger partial charge in [-0.25, -0.2) is 0 Å². The van der Waals surface area contributed by atoms with E-state index in [9.17, 15) is 0 Å². The Morgan fingerprint density at radius 2 is 2.24 bits per heavy atom. The molecule has 94 valence electrons. The molecule has 0 bridgehead atoms. The van der Waals surface area contributed by atoms with E-state index in [0.29, 0.717) is 6.10 Å². The maximum atomic E-state index is 5.95. The van der Waals surface area contributed by atoms with E-state index in [1.165, 1.54) is 5.56 Å². The van der Waals surface area contributed by atoms with Gasteiger partial charge in [-0.15, -0.1) is 0 Å². The van der Waals surface area contributed by atoms with Crippen LogP contribution >= 0.6 is 0 Å². The van der Waals surface area contributed by atoms with Crippen LogP contribution in [0.15, 0.2) is 24.3 Å². The number of nitrogens with two attached hydrogens (primary N) is 1. The number of para-hydroxylation sites is 1. The monoisotopic (exact) mass is 234 g/mol. The first-order chi connectivity index (χ1) is 8.29. The van der Waals surface area contributed by atoms with Gasteiger partial charge in [-0.1, -0.05) is 25.1 Å². The molecule has 17 heavy (non-hydrogen) atoms. The zero-order valence-corrected chi connectivity index (χ0v) is 10.6. The highest BCUT2D eigenvalue weighted by molar-refractivity contribution is 5.46. The van der Waals surface area contributed by atoms with Crippen LogP contribution in [0.3, 0.4) is 0 Å². The molecule has 0 aromatic heterocycles. The summed E-state index contributed by atoms with van der Waals surface area (Å²) >= 11 is 0. The van der Waals surface area contributed by atoms with Crippen LogP contribution < -0.4 is 5.73 Å². The van der Waals surface area contributed by atoms with Crippen LogP contribution in [0, 0.1) is 0 Å². The normalized spacial score (nSPS) is 21.6. The van der Waals surface area contributed by atoms with Crippen molar-refractivity contribution < 1.29 is 4.74 Å².